The van der Waals surface area contributed by atoms with Crippen LogP contribution in [-0.4, -0.2) is 12.4 Å². The first-order valence-corrected chi connectivity index (χ1v) is 6.91. The van der Waals surface area contributed by atoms with E-state index in [2.05, 4.69) is 31.4 Å². The van der Waals surface area contributed by atoms with E-state index in [4.69, 9.17) is 10.00 Å². The number of ether oxygens (including phenoxy) is 1. The van der Waals surface area contributed by atoms with Crippen molar-refractivity contribution >= 4 is 11.8 Å². The molecule has 17 heavy (non-hydrogen) atoms. The molecule has 1 aromatic rings. The molecule has 0 fully saturated rings. The van der Waals surface area contributed by atoms with Crippen molar-refractivity contribution in [3.05, 3.63) is 29.3 Å². The zero-order valence-corrected chi connectivity index (χ0v) is 11.5. The molecule has 0 bridgehead atoms. The topological polar surface area (TPSA) is 33.0 Å². The molecule has 0 aromatic heterocycles. The van der Waals surface area contributed by atoms with Gasteiger partial charge in [0.05, 0.1) is 6.61 Å². The highest BCUT2D eigenvalue weighted by atomic mass is 32.2. The Balaban J connectivity index is 2.67. The van der Waals surface area contributed by atoms with Gasteiger partial charge in [-0.05, 0) is 61.2 Å². The van der Waals surface area contributed by atoms with Crippen molar-refractivity contribution < 1.29 is 4.74 Å². The Hall–Kier alpha value is -1.14. The van der Waals surface area contributed by atoms with Gasteiger partial charge in [0.25, 0.3) is 0 Å². The minimum atomic E-state index is 0.492. The second kappa shape index (κ2) is 7.24. The van der Waals surface area contributed by atoms with Crippen LogP contribution in [0.5, 0.6) is 5.75 Å². The number of thioether (sulfide) groups is 1. The van der Waals surface area contributed by atoms with Gasteiger partial charge in [-0.3, -0.25) is 0 Å². The summed E-state index contributed by atoms with van der Waals surface area (Å²) >= 11 is 1.33. The third-order valence-electron chi connectivity index (χ3n) is 2.80. The van der Waals surface area contributed by atoms with Gasteiger partial charge in [-0.1, -0.05) is 13.0 Å². The molecule has 0 N–H and O–H groups in total. The highest BCUT2D eigenvalue weighted by Gasteiger charge is 2.09. The van der Waals surface area contributed by atoms with Gasteiger partial charge in [0.2, 0.25) is 0 Å². The van der Waals surface area contributed by atoms with Crippen molar-refractivity contribution in [2.75, 3.05) is 12.4 Å². The van der Waals surface area contributed by atoms with Crippen LogP contribution in [0.15, 0.2) is 18.2 Å². The quantitative estimate of drug-likeness (QED) is 0.562. The van der Waals surface area contributed by atoms with Crippen LogP contribution in [0.3, 0.4) is 0 Å². The number of benzene rings is 1. The number of rotatable bonds is 6. The first-order chi connectivity index (χ1) is 8.19. The maximum absolute atomic E-state index is 8.50. The molecule has 2 nitrogen and oxygen atoms in total. The Morgan fingerprint density at radius 1 is 1.47 bits per heavy atom. The summed E-state index contributed by atoms with van der Waals surface area (Å²) in [5, 5.41) is 10.6. The summed E-state index contributed by atoms with van der Waals surface area (Å²) in [5.41, 5.74) is 2.62. The third-order valence-corrected chi connectivity index (χ3v) is 3.37. The number of nitriles is 1. The van der Waals surface area contributed by atoms with Crippen LogP contribution < -0.4 is 4.74 Å². The molecule has 1 atom stereocenters. The van der Waals surface area contributed by atoms with Crippen LogP contribution >= 0.6 is 11.8 Å². The standard InChI is InChI=1S/C14H19NOS/c1-4-16-13-5-6-14(12(3)9-13)11(2)7-8-17-10-15/h5-6,9,11H,4,7-8H2,1-3H3. The number of thiocyanates is 1. The molecule has 0 heterocycles. The van der Waals surface area contributed by atoms with Gasteiger partial charge in [0.1, 0.15) is 11.2 Å². The van der Waals surface area contributed by atoms with E-state index in [9.17, 15) is 0 Å². The SMILES string of the molecule is CCOc1ccc(C(C)CCSC#N)c(C)c1. The van der Waals surface area contributed by atoms with Crippen molar-refractivity contribution in [2.24, 2.45) is 0 Å². The van der Waals surface area contributed by atoms with E-state index in [-0.39, 0.29) is 0 Å². The predicted octanol–water partition coefficient (Wildman–Crippen LogP) is 4.10. The molecule has 1 rings (SSSR count). The summed E-state index contributed by atoms with van der Waals surface area (Å²) in [7, 11) is 0. The molecule has 3 heteroatoms. The summed E-state index contributed by atoms with van der Waals surface area (Å²) in [6, 6.07) is 6.26. The molecule has 92 valence electrons. The summed E-state index contributed by atoms with van der Waals surface area (Å²) in [6.07, 6.45) is 1.03. The smallest absolute Gasteiger partial charge is 0.133 e. The summed E-state index contributed by atoms with van der Waals surface area (Å²) in [5.74, 6) is 2.32. The van der Waals surface area contributed by atoms with Crippen LogP contribution in [0.2, 0.25) is 0 Å². The van der Waals surface area contributed by atoms with E-state index in [0.29, 0.717) is 12.5 Å². The van der Waals surface area contributed by atoms with Gasteiger partial charge < -0.3 is 4.74 Å². The number of hydrogen-bond acceptors (Lipinski definition) is 3. The van der Waals surface area contributed by atoms with Gasteiger partial charge >= 0.3 is 0 Å². The molecule has 0 aliphatic rings. The average molecular weight is 249 g/mol. The maximum atomic E-state index is 8.50. The molecule has 0 amide bonds. The van der Waals surface area contributed by atoms with Crippen molar-refractivity contribution in [3.8, 4) is 11.2 Å². The molecule has 0 aliphatic heterocycles. The lowest BCUT2D eigenvalue weighted by Gasteiger charge is -2.15. The second-order valence-electron chi connectivity index (χ2n) is 4.08. The van der Waals surface area contributed by atoms with E-state index in [1.807, 2.05) is 13.0 Å². The molecule has 0 saturated carbocycles. The Labute approximate surface area is 108 Å². The summed E-state index contributed by atoms with van der Waals surface area (Å²) in [4.78, 5) is 0. The first kappa shape index (κ1) is 13.9. The van der Waals surface area contributed by atoms with Crippen molar-refractivity contribution in [1.29, 1.82) is 5.26 Å². The molecule has 1 aromatic carbocycles. The van der Waals surface area contributed by atoms with E-state index in [0.717, 1.165) is 17.9 Å². The molecule has 0 radical (unpaired) electrons. The van der Waals surface area contributed by atoms with Crippen LogP contribution in [0.1, 0.15) is 37.3 Å². The lowest BCUT2D eigenvalue weighted by Crippen LogP contribution is -1.99. The van der Waals surface area contributed by atoms with E-state index < -0.39 is 0 Å². The predicted molar refractivity (Wildman–Crippen MR) is 73.5 cm³/mol. The Morgan fingerprint density at radius 2 is 2.24 bits per heavy atom. The largest absolute Gasteiger partial charge is 0.494 e. The fraction of sp³-hybridized carbons (Fsp3) is 0.500. The Kier molecular flexibility index (Phi) is 5.93. The Bertz CT molecular complexity index is 398. The highest BCUT2D eigenvalue weighted by molar-refractivity contribution is 8.03. The van der Waals surface area contributed by atoms with Crippen LogP contribution in [0, 0.1) is 17.6 Å². The summed E-state index contributed by atoms with van der Waals surface area (Å²) < 4.78 is 5.47. The van der Waals surface area contributed by atoms with E-state index >= 15 is 0 Å². The van der Waals surface area contributed by atoms with Crippen LogP contribution in [0.4, 0.5) is 0 Å². The maximum Gasteiger partial charge on any atom is 0.133 e. The molecule has 0 spiro atoms. The fourth-order valence-corrected chi connectivity index (χ4v) is 2.46. The molecular weight excluding hydrogens is 230 g/mol. The molecule has 1 unspecified atom stereocenters. The van der Waals surface area contributed by atoms with Crippen molar-refractivity contribution in [1.82, 2.24) is 0 Å². The van der Waals surface area contributed by atoms with Gasteiger partial charge in [-0.2, -0.15) is 5.26 Å². The molecule has 0 aliphatic carbocycles. The Morgan fingerprint density at radius 3 is 2.82 bits per heavy atom. The summed E-state index contributed by atoms with van der Waals surface area (Å²) in [6.45, 7) is 7.02. The second-order valence-corrected chi connectivity index (χ2v) is 4.96. The minimum absolute atomic E-state index is 0.492. The third kappa shape index (κ3) is 4.32. The van der Waals surface area contributed by atoms with Gasteiger partial charge in [0, 0.05) is 5.75 Å². The molecule has 0 saturated heterocycles. The zero-order chi connectivity index (χ0) is 12.7. The first-order valence-electron chi connectivity index (χ1n) is 5.93. The zero-order valence-electron chi connectivity index (χ0n) is 10.7. The number of nitrogens with zero attached hydrogens (tertiary/aromatic N) is 1. The lowest BCUT2D eigenvalue weighted by molar-refractivity contribution is 0.340. The average Bonchev–Trinajstić information content (AvgIpc) is 2.29. The van der Waals surface area contributed by atoms with Gasteiger partial charge in [-0.25, -0.2) is 0 Å². The minimum Gasteiger partial charge on any atom is -0.494 e. The van der Waals surface area contributed by atoms with Gasteiger partial charge in [-0.15, -0.1) is 0 Å². The number of hydrogen-bond donors (Lipinski definition) is 0. The monoisotopic (exact) mass is 249 g/mol. The van der Waals surface area contributed by atoms with E-state index in [1.165, 1.54) is 22.9 Å². The lowest BCUT2D eigenvalue weighted by atomic mass is 9.94. The van der Waals surface area contributed by atoms with E-state index in [1.54, 1.807) is 0 Å². The van der Waals surface area contributed by atoms with Crippen LogP contribution in [0.25, 0.3) is 0 Å². The number of aryl methyl sites for hydroxylation is 1. The normalized spacial score (nSPS) is 11.9. The highest BCUT2D eigenvalue weighted by Crippen LogP contribution is 2.27. The van der Waals surface area contributed by atoms with Crippen molar-refractivity contribution in [3.63, 3.8) is 0 Å². The molecular formula is C14H19NOS. The van der Waals surface area contributed by atoms with Gasteiger partial charge in [0.15, 0.2) is 0 Å². The van der Waals surface area contributed by atoms with Crippen LogP contribution in [-0.2, 0) is 0 Å². The fourth-order valence-electron chi connectivity index (χ4n) is 1.89. The van der Waals surface area contributed by atoms with Crippen molar-refractivity contribution in [2.45, 2.75) is 33.1 Å².